The van der Waals surface area contributed by atoms with Crippen molar-refractivity contribution in [2.45, 2.75) is 38.0 Å². The second-order valence-corrected chi connectivity index (χ2v) is 11.5. The van der Waals surface area contributed by atoms with Crippen LogP contribution in [-0.2, 0) is 27.0 Å². The lowest BCUT2D eigenvalue weighted by Crippen LogP contribution is -2.61. The number of carbonyl (C=O) groups is 3. The number of fused-ring (bicyclic) bond motifs is 1. The number of amides is 2. The molecular formula is C30H30F3N11O5. The summed E-state index contributed by atoms with van der Waals surface area (Å²) in [5.41, 5.74) is 5.44. The van der Waals surface area contributed by atoms with E-state index in [1.54, 1.807) is 36.1 Å². The molecule has 2 saturated heterocycles. The number of aryl methyl sites for hydroxylation is 1. The standard InChI is InChI=1S/C30H30F3N11O5/c1-16-10-17(39-26-27-38-12-20(44(27)7-5-37-26)19-14-42(6-4-34)40-24(19)30(31,32)33)2-3-18(16)28(47)41-8-9-43(21-11-36-13-22(21)45)23(15-41)49-29(48)25(35)46/h2-3,5,7,10,12,14,21-23,36,45H,6,8-9,11,13,15H2,1H3,(H2,35,46)(H,37,39)/t21-,22-,23?/m0/s1. The minimum absolute atomic E-state index is 0.0693. The first-order valence-electron chi connectivity index (χ1n) is 15.0. The molecule has 2 amide bonds. The lowest BCUT2D eigenvalue weighted by molar-refractivity contribution is -0.173. The number of aliphatic hydroxyl groups excluding tert-OH is 1. The van der Waals surface area contributed by atoms with Crippen LogP contribution in [0.15, 0.2) is 43.0 Å². The molecule has 0 bridgehead atoms. The summed E-state index contributed by atoms with van der Waals surface area (Å²) >= 11 is 0. The molecule has 3 aromatic heterocycles. The van der Waals surface area contributed by atoms with E-state index in [0.717, 1.165) is 10.9 Å². The molecule has 1 unspecified atom stereocenters. The van der Waals surface area contributed by atoms with Crippen LogP contribution < -0.4 is 16.4 Å². The van der Waals surface area contributed by atoms with Gasteiger partial charge in [0.05, 0.1) is 42.2 Å². The number of nitriles is 1. The van der Waals surface area contributed by atoms with Gasteiger partial charge in [0.15, 0.2) is 23.4 Å². The first kappa shape index (κ1) is 33.3. The van der Waals surface area contributed by atoms with Crippen LogP contribution in [0.5, 0.6) is 0 Å². The summed E-state index contributed by atoms with van der Waals surface area (Å²) in [6, 6.07) is 6.30. The van der Waals surface area contributed by atoms with E-state index in [4.69, 9.17) is 15.7 Å². The van der Waals surface area contributed by atoms with Crippen molar-refractivity contribution < 1.29 is 37.4 Å². The molecule has 2 aliphatic rings. The molecule has 49 heavy (non-hydrogen) atoms. The topological polar surface area (TPSA) is 209 Å². The van der Waals surface area contributed by atoms with E-state index in [-0.39, 0.29) is 54.8 Å². The van der Waals surface area contributed by atoms with Crippen molar-refractivity contribution in [2.24, 2.45) is 5.73 Å². The van der Waals surface area contributed by atoms with Crippen molar-refractivity contribution in [2.75, 3.05) is 38.0 Å². The number of esters is 1. The number of hydrogen-bond donors (Lipinski definition) is 4. The first-order valence-corrected chi connectivity index (χ1v) is 15.0. The molecule has 6 rings (SSSR count). The van der Waals surface area contributed by atoms with Crippen molar-refractivity contribution in [3.05, 3.63) is 59.8 Å². The van der Waals surface area contributed by atoms with Gasteiger partial charge in [0.1, 0.15) is 6.54 Å². The van der Waals surface area contributed by atoms with Crippen molar-refractivity contribution in [3.8, 4) is 17.3 Å². The molecule has 0 spiro atoms. The summed E-state index contributed by atoms with van der Waals surface area (Å²) in [4.78, 5) is 49.0. The second kappa shape index (κ2) is 13.1. The summed E-state index contributed by atoms with van der Waals surface area (Å²) in [7, 11) is 0. The first-order chi connectivity index (χ1) is 23.3. The maximum absolute atomic E-state index is 13.8. The molecule has 19 heteroatoms. The number of nitrogens with zero attached hydrogens (tertiary/aromatic N) is 8. The van der Waals surface area contributed by atoms with E-state index in [9.17, 15) is 32.7 Å². The number of aliphatic hydroxyl groups is 1. The number of halogens is 3. The number of primary amides is 1. The highest BCUT2D eigenvalue weighted by Gasteiger charge is 2.41. The third-order valence-electron chi connectivity index (χ3n) is 8.37. The Morgan fingerprint density at radius 2 is 2.02 bits per heavy atom. The van der Waals surface area contributed by atoms with Gasteiger partial charge >= 0.3 is 18.1 Å². The van der Waals surface area contributed by atoms with Crippen LogP contribution in [0, 0.1) is 18.3 Å². The van der Waals surface area contributed by atoms with Gasteiger partial charge in [-0.2, -0.15) is 23.5 Å². The zero-order valence-electron chi connectivity index (χ0n) is 25.9. The van der Waals surface area contributed by atoms with E-state index in [1.807, 2.05) is 0 Å². The predicted molar refractivity (Wildman–Crippen MR) is 164 cm³/mol. The quantitative estimate of drug-likeness (QED) is 0.156. The highest BCUT2D eigenvalue weighted by atomic mass is 19.4. The zero-order chi connectivity index (χ0) is 35.0. The Hall–Kier alpha value is -5.58. The normalized spacial score (nSPS) is 19.9. The van der Waals surface area contributed by atoms with Crippen LogP contribution in [0.1, 0.15) is 21.6 Å². The van der Waals surface area contributed by atoms with E-state index >= 15 is 0 Å². The van der Waals surface area contributed by atoms with Gasteiger partial charge in [0, 0.05) is 56.0 Å². The smallest absolute Gasteiger partial charge is 0.435 e. The van der Waals surface area contributed by atoms with E-state index in [2.05, 4.69) is 25.7 Å². The number of aromatic nitrogens is 5. The lowest BCUT2D eigenvalue weighted by Gasteiger charge is -2.43. The SMILES string of the molecule is Cc1cc(Nc2nccn3c(-c4cn(CC#N)nc4C(F)(F)F)cnc23)ccc1C(=O)N1CCN([C@H]2CNC[C@@H]2O)C(OC(=O)C(N)=O)C1. The molecule has 0 radical (unpaired) electrons. The number of β-amino-alcohol motifs (C(OH)–C–C–N with tert-alkyl or cyclic N) is 1. The number of alkyl halides is 3. The summed E-state index contributed by atoms with van der Waals surface area (Å²) in [5.74, 6) is -2.66. The number of hydrogen-bond acceptors (Lipinski definition) is 12. The molecule has 4 aromatic rings. The highest BCUT2D eigenvalue weighted by Crippen LogP contribution is 2.37. The second-order valence-electron chi connectivity index (χ2n) is 11.5. The molecule has 1 aromatic carbocycles. The lowest BCUT2D eigenvalue weighted by atomic mass is 10.1. The minimum atomic E-state index is -4.77. The summed E-state index contributed by atoms with van der Waals surface area (Å²) in [5, 5.41) is 29.1. The van der Waals surface area contributed by atoms with Crippen LogP contribution >= 0.6 is 0 Å². The average Bonchev–Trinajstić information content (AvgIpc) is 3.79. The van der Waals surface area contributed by atoms with Crippen LogP contribution in [0.4, 0.5) is 24.7 Å². The largest absolute Gasteiger partial charge is 0.437 e. The van der Waals surface area contributed by atoms with Crippen molar-refractivity contribution in [1.29, 1.82) is 5.26 Å². The Labute approximate surface area is 275 Å². The number of piperazine rings is 1. The van der Waals surface area contributed by atoms with Crippen LogP contribution in [-0.4, -0.2) is 108 Å². The van der Waals surface area contributed by atoms with Gasteiger partial charge in [-0.25, -0.2) is 14.8 Å². The Morgan fingerprint density at radius 1 is 1.22 bits per heavy atom. The highest BCUT2D eigenvalue weighted by molar-refractivity contribution is 6.31. The van der Waals surface area contributed by atoms with Crippen molar-refractivity contribution in [3.63, 3.8) is 0 Å². The summed E-state index contributed by atoms with van der Waals surface area (Å²) in [6.07, 6.45) is -1.29. The molecule has 2 aliphatic heterocycles. The van der Waals surface area contributed by atoms with Gasteiger partial charge in [-0.15, -0.1) is 0 Å². The predicted octanol–water partition coefficient (Wildman–Crippen LogP) is 0.632. The third kappa shape index (κ3) is 6.61. The Kier molecular flexibility index (Phi) is 8.94. The van der Waals surface area contributed by atoms with Gasteiger partial charge in [0.25, 0.3) is 5.91 Å². The number of imidazole rings is 1. The number of benzene rings is 1. The Bertz CT molecular complexity index is 1970. The molecule has 256 valence electrons. The zero-order valence-corrected chi connectivity index (χ0v) is 25.9. The molecule has 5 heterocycles. The van der Waals surface area contributed by atoms with E-state index in [1.165, 1.54) is 27.9 Å². The molecule has 3 atom stereocenters. The van der Waals surface area contributed by atoms with E-state index in [0.29, 0.717) is 29.9 Å². The number of nitrogens with one attached hydrogen (secondary N) is 2. The van der Waals surface area contributed by atoms with Crippen molar-refractivity contribution in [1.82, 2.24) is 39.3 Å². The summed E-state index contributed by atoms with van der Waals surface area (Å²) in [6.45, 7) is 2.58. The van der Waals surface area contributed by atoms with Crippen LogP contribution in [0.3, 0.4) is 0 Å². The molecule has 2 fully saturated rings. The molecule has 0 aliphatic carbocycles. The maximum Gasteiger partial charge on any atom is 0.435 e. The molecule has 0 saturated carbocycles. The number of carbonyl (C=O) groups excluding carboxylic acids is 3. The number of anilines is 2. The van der Waals surface area contributed by atoms with Crippen LogP contribution in [0.2, 0.25) is 0 Å². The fourth-order valence-electron chi connectivity index (χ4n) is 6.07. The van der Waals surface area contributed by atoms with Crippen molar-refractivity contribution >= 4 is 34.9 Å². The Balaban J connectivity index is 1.22. The fraction of sp³-hybridized carbons (Fsp3) is 0.367. The fourth-order valence-corrected chi connectivity index (χ4v) is 6.07. The number of nitrogens with two attached hydrogens (primary N) is 1. The maximum atomic E-state index is 13.8. The number of rotatable bonds is 7. The van der Waals surface area contributed by atoms with Gasteiger partial charge in [-0.1, -0.05) is 0 Å². The van der Waals surface area contributed by atoms with Crippen LogP contribution in [0.25, 0.3) is 16.9 Å². The minimum Gasteiger partial charge on any atom is -0.437 e. The van der Waals surface area contributed by atoms with Gasteiger partial charge < -0.3 is 31.1 Å². The molecular weight excluding hydrogens is 651 g/mol. The van der Waals surface area contributed by atoms with Gasteiger partial charge in [-0.05, 0) is 30.7 Å². The van der Waals surface area contributed by atoms with E-state index < -0.39 is 42.1 Å². The number of ether oxygens (including phenoxy) is 1. The Morgan fingerprint density at radius 3 is 2.69 bits per heavy atom. The third-order valence-corrected chi connectivity index (χ3v) is 8.37. The monoisotopic (exact) mass is 681 g/mol. The van der Waals surface area contributed by atoms with Gasteiger partial charge in [-0.3, -0.25) is 23.6 Å². The average molecular weight is 682 g/mol. The molecule has 16 nitrogen and oxygen atoms in total. The summed E-state index contributed by atoms with van der Waals surface area (Å²) < 4.78 is 49.1. The molecule has 5 N–H and O–H groups in total. The van der Waals surface area contributed by atoms with Gasteiger partial charge in [0.2, 0.25) is 0 Å².